The second kappa shape index (κ2) is 7.26. The molecule has 0 saturated carbocycles. The molecule has 3 N–H and O–H groups in total. The molecule has 112 valence electrons. The molecule has 0 saturated heterocycles. The van der Waals surface area contributed by atoms with Gasteiger partial charge in [-0.1, -0.05) is 0 Å². The van der Waals surface area contributed by atoms with Crippen LogP contribution in [0.15, 0.2) is 24.3 Å². The minimum atomic E-state index is -0.776. The molecule has 1 rings (SSSR count). The van der Waals surface area contributed by atoms with Gasteiger partial charge in [-0.05, 0) is 45.0 Å². The fourth-order valence-electron chi connectivity index (χ4n) is 1.33. The standard InChI is InChI=1S/C15H23NO4/c1-11(18)15(2,3)10-20-14-6-4-12(5-7-14)16-8-13(19)9-17/h4-7,13,16-17,19H,8-10H2,1-3H3. The molecule has 5 heteroatoms. The maximum Gasteiger partial charge on any atom is 0.138 e. The number of Topliss-reactive ketones (excluding diaryl/α,β-unsaturated/α-hetero) is 1. The van der Waals surface area contributed by atoms with E-state index in [4.69, 9.17) is 9.84 Å². The number of nitrogens with one attached hydrogen (secondary N) is 1. The Labute approximate surface area is 119 Å². The van der Waals surface area contributed by atoms with Crippen LogP contribution in [0.3, 0.4) is 0 Å². The Kier molecular flexibility index (Phi) is 5.98. The van der Waals surface area contributed by atoms with Crippen molar-refractivity contribution < 1.29 is 19.7 Å². The number of carbonyl (C=O) groups is 1. The van der Waals surface area contributed by atoms with Crippen LogP contribution in [-0.2, 0) is 4.79 Å². The Morgan fingerprint density at radius 3 is 2.45 bits per heavy atom. The number of anilines is 1. The largest absolute Gasteiger partial charge is 0.493 e. The number of hydrogen-bond acceptors (Lipinski definition) is 5. The molecule has 20 heavy (non-hydrogen) atoms. The third kappa shape index (κ3) is 5.19. The van der Waals surface area contributed by atoms with E-state index in [0.29, 0.717) is 12.4 Å². The zero-order valence-corrected chi connectivity index (χ0v) is 12.2. The molecule has 0 aliphatic heterocycles. The van der Waals surface area contributed by atoms with Gasteiger partial charge >= 0.3 is 0 Å². The smallest absolute Gasteiger partial charge is 0.138 e. The molecular formula is C15H23NO4. The summed E-state index contributed by atoms with van der Waals surface area (Å²) >= 11 is 0. The molecule has 0 bridgehead atoms. The van der Waals surface area contributed by atoms with Crippen LogP contribution in [0.4, 0.5) is 5.69 Å². The van der Waals surface area contributed by atoms with Gasteiger partial charge in [0.15, 0.2) is 0 Å². The average molecular weight is 281 g/mol. The third-order valence-corrected chi connectivity index (χ3v) is 3.16. The van der Waals surface area contributed by atoms with Crippen molar-refractivity contribution in [3.63, 3.8) is 0 Å². The van der Waals surface area contributed by atoms with E-state index in [2.05, 4.69) is 5.32 Å². The van der Waals surface area contributed by atoms with Gasteiger partial charge in [0.1, 0.15) is 18.1 Å². The van der Waals surface area contributed by atoms with Gasteiger partial charge < -0.3 is 20.3 Å². The lowest BCUT2D eigenvalue weighted by Gasteiger charge is -2.21. The van der Waals surface area contributed by atoms with E-state index in [1.165, 1.54) is 0 Å². The first-order chi connectivity index (χ1) is 9.35. The number of aliphatic hydroxyl groups is 2. The number of carbonyl (C=O) groups excluding carboxylic acids is 1. The van der Waals surface area contributed by atoms with Crippen molar-refractivity contribution in [3.05, 3.63) is 24.3 Å². The molecule has 0 aliphatic rings. The zero-order valence-electron chi connectivity index (χ0n) is 12.2. The van der Waals surface area contributed by atoms with Crippen LogP contribution >= 0.6 is 0 Å². The minimum absolute atomic E-state index is 0.0915. The fourth-order valence-corrected chi connectivity index (χ4v) is 1.33. The quantitative estimate of drug-likeness (QED) is 0.672. The number of ether oxygens (including phenoxy) is 1. The first-order valence-corrected chi connectivity index (χ1v) is 6.62. The summed E-state index contributed by atoms with van der Waals surface area (Å²) < 4.78 is 5.60. The van der Waals surface area contributed by atoms with Crippen molar-refractivity contribution in [3.8, 4) is 5.75 Å². The highest BCUT2D eigenvalue weighted by Crippen LogP contribution is 2.21. The first-order valence-electron chi connectivity index (χ1n) is 6.62. The molecular weight excluding hydrogens is 258 g/mol. The lowest BCUT2D eigenvalue weighted by Crippen LogP contribution is -2.29. The molecule has 0 spiro atoms. The maximum atomic E-state index is 11.4. The minimum Gasteiger partial charge on any atom is -0.493 e. The monoisotopic (exact) mass is 281 g/mol. The molecule has 0 aromatic heterocycles. The molecule has 0 fully saturated rings. The summed E-state index contributed by atoms with van der Waals surface area (Å²) in [4.78, 5) is 11.4. The number of hydrogen-bond donors (Lipinski definition) is 3. The first kappa shape index (κ1) is 16.5. The van der Waals surface area contributed by atoms with Gasteiger partial charge in [-0.2, -0.15) is 0 Å². The summed E-state index contributed by atoms with van der Waals surface area (Å²) in [5, 5.41) is 20.9. The van der Waals surface area contributed by atoms with Crippen LogP contribution in [0.5, 0.6) is 5.75 Å². The molecule has 0 heterocycles. The fraction of sp³-hybridized carbons (Fsp3) is 0.533. The van der Waals surface area contributed by atoms with Crippen LogP contribution in [0.1, 0.15) is 20.8 Å². The zero-order chi connectivity index (χ0) is 15.2. The summed E-state index contributed by atoms with van der Waals surface area (Å²) in [5.41, 5.74) is 0.331. The summed E-state index contributed by atoms with van der Waals surface area (Å²) in [6, 6.07) is 7.23. The van der Waals surface area contributed by atoms with E-state index in [1.54, 1.807) is 19.1 Å². The molecule has 1 aromatic carbocycles. The highest BCUT2D eigenvalue weighted by atomic mass is 16.5. The molecule has 0 amide bonds. The van der Waals surface area contributed by atoms with Gasteiger partial charge in [0.25, 0.3) is 0 Å². The number of aliphatic hydroxyl groups excluding tert-OH is 2. The van der Waals surface area contributed by atoms with Gasteiger partial charge in [0, 0.05) is 12.2 Å². The van der Waals surface area contributed by atoms with E-state index in [-0.39, 0.29) is 18.9 Å². The van der Waals surface area contributed by atoms with Crippen LogP contribution in [-0.4, -0.2) is 41.9 Å². The van der Waals surface area contributed by atoms with Crippen molar-refractivity contribution in [2.45, 2.75) is 26.9 Å². The van der Waals surface area contributed by atoms with E-state index in [0.717, 1.165) is 5.69 Å². The average Bonchev–Trinajstić information content (AvgIpc) is 2.43. The molecule has 5 nitrogen and oxygen atoms in total. The van der Waals surface area contributed by atoms with Crippen LogP contribution in [0.2, 0.25) is 0 Å². The molecule has 0 aliphatic carbocycles. The van der Waals surface area contributed by atoms with Gasteiger partial charge in [-0.3, -0.25) is 4.79 Å². The van der Waals surface area contributed by atoms with Crippen molar-refractivity contribution in [1.29, 1.82) is 0 Å². The highest BCUT2D eigenvalue weighted by molar-refractivity contribution is 5.81. The Morgan fingerprint density at radius 2 is 1.95 bits per heavy atom. The normalized spacial score (nSPS) is 12.8. The number of rotatable bonds is 8. The Balaban J connectivity index is 2.48. The van der Waals surface area contributed by atoms with Gasteiger partial charge in [-0.25, -0.2) is 0 Å². The number of benzene rings is 1. The van der Waals surface area contributed by atoms with E-state index < -0.39 is 11.5 Å². The maximum absolute atomic E-state index is 11.4. The van der Waals surface area contributed by atoms with E-state index in [9.17, 15) is 9.90 Å². The third-order valence-electron chi connectivity index (χ3n) is 3.16. The molecule has 1 aromatic rings. The summed E-state index contributed by atoms with van der Waals surface area (Å²) in [6.07, 6.45) is -0.776. The van der Waals surface area contributed by atoms with Crippen molar-refractivity contribution in [1.82, 2.24) is 0 Å². The summed E-state index contributed by atoms with van der Waals surface area (Å²) in [6.45, 7) is 5.60. The Hall–Kier alpha value is -1.59. The lowest BCUT2D eigenvalue weighted by molar-refractivity contribution is -0.126. The van der Waals surface area contributed by atoms with Gasteiger partial charge in [-0.15, -0.1) is 0 Å². The second-order valence-corrected chi connectivity index (χ2v) is 5.47. The van der Waals surface area contributed by atoms with E-state index >= 15 is 0 Å². The van der Waals surface area contributed by atoms with Crippen LogP contribution in [0.25, 0.3) is 0 Å². The SMILES string of the molecule is CC(=O)C(C)(C)COc1ccc(NCC(O)CO)cc1. The summed E-state index contributed by atoms with van der Waals surface area (Å²) in [7, 11) is 0. The van der Waals surface area contributed by atoms with Gasteiger partial charge in [0.05, 0.1) is 18.1 Å². The highest BCUT2D eigenvalue weighted by Gasteiger charge is 2.24. The second-order valence-electron chi connectivity index (χ2n) is 5.47. The summed E-state index contributed by atoms with van der Waals surface area (Å²) in [5.74, 6) is 0.779. The van der Waals surface area contributed by atoms with Crippen molar-refractivity contribution in [2.24, 2.45) is 5.41 Å². The van der Waals surface area contributed by atoms with Crippen molar-refractivity contribution >= 4 is 11.5 Å². The Morgan fingerprint density at radius 1 is 1.35 bits per heavy atom. The molecule has 0 radical (unpaired) electrons. The predicted octanol–water partition coefficient (Wildman–Crippen LogP) is 1.45. The number of ketones is 1. The topological polar surface area (TPSA) is 78.8 Å². The van der Waals surface area contributed by atoms with Crippen LogP contribution in [0, 0.1) is 5.41 Å². The molecule has 1 atom stereocenters. The molecule has 1 unspecified atom stereocenters. The van der Waals surface area contributed by atoms with Crippen molar-refractivity contribution in [2.75, 3.05) is 25.1 Å². The lowest BCUT2D eigenvalue weighted by atomic mass is 9.90. The van der Waals surface area contributed by atoms with Gasteiger partial charge in [0.2, 0.25) is 0 Å². The predicted molar refractivity (Wildman–Crippen MR) is 78.0 cm³/mol. The Bertz CT molecular complexity index is 428. The van der Waals surface area contributed by atoms with E-state index in [1.807, 2.05) is 26.0 Å². The van der Waals surface area contributed by atoms with Crippen LogP contribution < -0.4 is 10.1 Å².